The average molecular weight is 245 g/mol. The van der Waals surface area contributed by atoms with Gasteiger partial charge in [-0.1, -0.05) is 11.6 Å². The first-order valence-corrected chi connectivity index (χ1v) is 4.75. The van der Waals surface area contributed by atoms with Crippen molar-refractivity contribution in [2.24, 2.45) is 7.05 Å². The van der Waals surface area contributed by atoms with Gasteiger partial charge < -0.3 is 4.74 Å². The van der Waals surface area contributed by atoms with Crippen molar-refractivity contribution in [2.75, 3.05) is 0 Å². The molecule has 0 aliphatic heterocycles. The first-order valence-electron chi connectivity index (χ1n) is 4.00. The standard InChI is InChI=1S/C8H6Cl2N4O/c1-14-4-5(3-11-14)15-7-2-6(9)12-8(10)13-7/h2-4H,1H3. The molecule has 0 atom stereocenters. The minimum absolute atomic E-state index is 0.0430. The van der Waals surface area contributed by atoms with Crippen LogP contribution in [0.15, 0.2) is 18.5 Å². The molecule has 0 spiro atoms. The van der Waals surface area contributed by atoms with E-state index in [2.05, 4.69) is 15.1 Å². The van der Waals surface area contributed by atoms with E-state index in [1.807, 2.05) is 0 Å². The third-order valence-electron chi connectivity index (χ3n) is 1.55. The second kappa shape index (κ2) is 4.04. The van der Waals surface area contributed by atoms with E-state index in [0.717, 1.165) is 0 Å². The molecule has 15 heavy (non-hydrogen) atoms. The van der Waals surface area contributed by atoms with Crippen LogP contribution in [0.3, 0.4) is 0 Å². The van der Waals surface area contributed by atoms with Crippen LogP contribution in [0.5, 0.6) is 11.6 Å². The van der Waals surface area contributed by atoms with E-state index in [-0.39, 0.29) is 16.3 Å². The molecule has 7 heteroatoms. The topological polar surface area (TPSA) is 52.8 Å². The highest BCUT2D eigenvalue weighted by Crippen LogP contribution is 2.21. The predicted molar refractivity (Wildman–Crippen MR) is 55.3 cm³/mol. The smallest absolute Gasteiger partial charge is 0.227 e. The van der Waals surface area contributed by atoms with Gasteiger partial charge in [-0.15, -0.1) is 0 Å². The zero-order chi connectivity index (χ0) is 10.8. The summed E-state index contributed by atoms with van der Waals surface area (Å²) < 4.78 is 6.97. The third kappa shape index (κ3) is 2.57. The van der Waals surface area contributed by atoms with Crippen molar-refractivity contribution < 1.29 is 4.74 Å². The van der Waals surface area contributed by atoms with Crippen LogP contribution in [0.25, 0.3) is 0 Å². The second-order valence-corrected chi connectivity index (χ2v) is 3.48. The molecule has 0 radical (unpaired) electrons. The van der Waals surface area contributed by atoms with Crippen LogP contribution in [0.2, 0.25) is 10.4 Å². The van der Waals surface area contributed by atoms with Gasteiger partial charge in [-0.05, 0) is 11.6 Å². The summed E-state index contributed by atoms with van der Waals surface area (Å²) in [6, 6.07) is 1.47. The van der Waals surface area contributed by atoms with Crippen LogP contribution >= 0.6 is 23.2 Å². The zero-order valence-electron chi connectivity index (χ0n) is 7.69. The lowest BCUT2D eigenvalue weighted by molar-refractivity contribution is 0.461. The molecule has 2 heterocycles. The van der Waals surface area contributed by atoms with Crippen molar-refractivity contribution in [1.29, 1.82) is 0 Å². The average Bonchev–Trinajstić information content (AvgIpc) is 2.49. The molecule has 0 saturated carbocycles. The fraction of sp³-hybridized carbons (Fsp3) is 0.125. The lowest BCUT2D eigenvalue weighted by Crippen LogP contribution is -1.90. The third-order valence-corrected chi connectivity index (χ3v) is 1.91. The summed E-state index contributed by atoms with van der Waals surface area (Å²) in [6.45, 7) is 0. The number of hydrogen-bond donors (Lipinski definition) is 0. The van der Waals surface area contributed by atoms with Gasteiger partial charge in [-0.2, -0.15) is 10.1 Å². The number of hydrogen-bond acceptors (Lipinski definition) is 4. The highest BCUT2D eigenvalue weighted by molar-refractivity contribution is 6.31. The molecule has 2 rings (SSSR count). The summed E-state index contributed by atoms with van der Waals surface area (Å²) in [5, 5.41) is 4.21. The van der Waals surface area contributed by atoms with Crippen LogP contribution in [0, 0.1) is 0 Å². The number of ether oxygens (including phenoxy) is 1. The Kier molecular flexibility index (Phi) is 2.75. The number of nitrogens with zero attached hydrogens (tertiary/aromatic N) is 4. The normalized spacial score (nSPS) is 10.3. The number of rotatable bonds is 2. The molecule has 0 amide bonds. The number of aromatic nitrogens is 4. The van der Waals surface area contributed by atoms with Crippen LogP contribution in [-0.2, 0) is 7.05 Å². The van der Waals surface area contributed by atoms with Gasteiger partial charge in [-0.3, -0.25) is 4.68 Å². The Labute approximate surface area is 95.6 Å². The van der Waals surface area contributed by atoms with Crippen LogP contribution in [0.4, 0.5) is 0 Å². The largest absolute Gasteiger partial charge is 0.436 e. The van der Waals surface area contributed by atoms with E-state index in [1.54, 1.807) is 24.1 Å². The van der Waals surface area contributed by atoms with E-state index in [0.29, 0.717) is 5.75 Å². The Hall–Kier alpha value is -1.33. The maximum Gasteiger partial charge on any atom is 0.227 e. The van der Waals surface area contributed by atoms with E-state index in [1.165, 1.54) is 6.07 Å². The Morgan fingerprint density at radius 1 is 1.33 bits per heavy atom. The first kappa shape index (κ1) is 10.2. The molecule has 0 bridgehead atoms. The zero-order valence-corrected chi connectivity index (χ0v) is 9.20. The van der Waals surface area contributed by atoms with Crippen molar-refractivity contribution in [3.63, 3.8) is 0 Å². The van der Waals surface area contributed by atoms with Crippen LogP contribution in [0.1, 0.15) is 0 Å². The van der Waals surface area contributed by atoms with Crippen LogP contribution < -0.4 is 4.74 Å². The van der Waals surface area contributed by atoms with Crippen LogP contribution in [-0.4, -0.2) is 19.7 Å². The SMILES string of the molecule is Cn1cc(Oc2cc(Cl)nc(Cl)n2)cn1. The second-order valence-electron chi connectivity index (χ2n) is 2.75. The van der Waals surface area contributed by atoms with Gasteiger partial charge in [0.2, 0.25) is 11.2 Å². The molecule has 0 N–H and O–H groups in total. The lowest BCUT2D eigenvalue weighted by atomic mass is 10.6. The molecule has 0 aliphatic carbocycles. The van der Waals surface area contributed by atoms with E-state index < -0.39 is 0 Å². The summed E-state index contributed by atoms with van der Waals surface area (Å²) in [7, 11) is 1.78. The molecular weight excluding hydrogens is 239 g/mol. The maximum atomic E-state index is 5.69. The van der Waals surface area contributed by atoms with Crippen molar-refractivity contribution >= 4 is 23.2 Å². The van der Waals surface area contributed by atoms with Crippen molar-refractivity contribution in [1.82, 2.24) is 19.7 Å². The minimum atomic E-state index is 0.0430. The summed E-state index contributed by atoms with van der Waals surface area (Å²) in [5.41, 5.74) is 0. The molecule has 5 nitrogen and oxygen atoms in total. The van der Waals surface area contributed by atoms with Gasteiger partial charge in [0.05, 0.1) is 12.4 Å². The van der Waals surface area contributed by atoms with Gasteiger partial charge in [-0.25, -0.2) is 4.98 Å². The van der Waals surface area contributed by atoms with E-state index in [9.17, 15) is 0 Å². The van der Waals surface area contributed by atoms with Crippen molar-refractivity contribution in [3.05, 3.63) is 28.9 Å². The summed E-state index contributed by atoms with van der Waals surface area (Å²) in [6.07, 6.45) is 3.26. The molecule has 0 aromatic carbocycles. The summed E-state index contributed by atoms with van der Waals surface area (Å²) in [4.78, 5) is 7.55. The van der Waals surface area contributed by atoms with Crippen molar-refractivity contribution in [2.45, 2.75) is 0 Å². The minimum Gasteiger partial charge on any atom is -0.436 e. The Balaban J connectivity index is 2.24. The Morgan fingerprint density at radius 3 is 2.73 bits per heavy atom. The summed E-state index contributed by atoms with van der Waals surface area (Å²) in [5.74, 6) is 0.844. The number of halogens is 2. The molecule has 0 fully saturated rings. The van der Waals surface area contributed by atoms with Gasteiger partial charge >= 0.3 is 0 Å². The highest BCUT2D eigenvalue weighted by Gasteiger charge is 2.04. The fourth-order valence-electron chi connectivity index (χ4n) is 0.995. The Bertz CT molecular complexity index is 465. The molecule has 0 saturated heterocycles. The fourth-order valence-corrected chi connectivity index (χ4v) is 1.39. The summed E-state index contributed by atoms with van der Waals surface area (Å²) >= 11 is 11.3. The molecule has 78 valence electrons. The van der Waals surface area contributed by atoms with Crippen molar-refractivity contribution in [3.8, 4) is 11.6 Å². The van der Waals surface area contributed by atoms with Gasteiger partial charge in [0.1, 0.15) is 5.15 Å². The monoisotopic (exact) mass is 244 g/mol. The van der Waals surface area contributed by atoms with E-state index in [4.69, 9.17) is 27.9 Å². The molecule has 2 aromatic heterocycles. The molecule has 0 unspecified atom stereocenters. The highest BCUT2D eigenvalue weighted by atomic mass is 35.5. The molecule has 2 aromatic rings. The molecular formula is C8H6Cl2N4O. The first-order chi connectivity index (χ1) is 7.13. The Morgan fingerprint density at radius 2 is 2.13 bits per heavy atom. The van der Waals surface area contributed by atoms with Gasteiger partial charge in [0, 0.05) is 13.1 Å². The molecule has 0 aliphatic rings. The van der Waals surface area contributed by atoms with Gasteiger partial charge in [0.25, 0.3) is 0 Å². The maximum absolute atomic E-state index is 5.69. The lowest BCUT2D eigenvalue weighted by Gasteiger charge is -2.01. The number of aryl methyl sites for hydroxylation is 1. The quantitative estimate of drug-likeness (QED) is 0.601. The predicted octanol–water partition coefficient (Wildman–Crippen LogP) is 2.31. The van der Waals surface area contributed by atoms with E-state index >= 15 is 0 Å². The van der Waals surface area contributed by atoms with Gasteiger partial charge in [0.15, 0.2) is 5.75 Å².